The van der Waals surface area contributed by atoms with Crippen molar-refractivity contribution in [3.8, 4) is 0 Å². The molecule has 0 aromatic carbocycles. The monoisotopic (exact) mass is 286 g/mol. The van der Waals surface area contributed by atoms with Crippen molar-refractivity contribution in [1.29, 1.82) is 0 Å². The van der Waals surface area contributed by atoms with Gasteiger partial charge in [0.1, 0.15) is 21.3 Å². The SMILES string of the molecule is CCNc1cncc(C(=O)NC(C)CS(C)(=O)=O)n1. The number of hydrogen-bond acceptors (Lipinski definition) is 6. The van der Waals surface area contributed by atoms with Crippen molar-refractivity contribution in [2.75, 3.05) is 23.9 Å². The molecule has 1 aromatic heterocycles. The van der Waals surface area contributed by atoms with Gasteiger partial charge >= 0.3 is 0 Å². The Labute approximate surface area is 112 Å². The van der Waals surface area contributed by atoms with Crippen LogP contribution in [0.4, 0.5) is 5.82 Å². The quantitative estimate of drug-likeness (QED) is 0.767. The topological polar surface area (TPSA) is 101 Å². The number of sulfone groups is 1. The van der Waals surface area contributed by atoms with Crippen LogP contribution in [-0.4, -0.2) is 48.9 Å². The molecule has 1 atom stereocenters. The van der Waals surface area contributed by atoms with E-state index in [-0.39, 0.29) is 11.4 Å². The molecule has 0 aliphatic carbocycles. The van der Waals surface area contributed by atoms with Crippen molar-refractivity contribution >= 4 is 21.6 Å². The summed E-state index contributed by atoms with van der Waals surface area (Å²) in [6, 6.07) is -0.480. The van der Waals surface area contributed by atoms with Crippen molar-refractivity contribution in [1.82, 2.24) is 15.3 Å². The molecule has 106 valence electrons. The summed E-state index contributed by atoms with van der Waals surface area (Å²) in [6.07, 6.45) is 3.98. The average Bonchev–Trinajstić information content (AvgIpc) is 2.27. The summed E-state index contributed by atoms with van der Waals surface area (Å²) in [6.45, 7) is 4.20. The number of carbonyl (C=O) groups excluding carboxylic acids is 1. The summed E-state index contributed by atoms with van der Waals surface area (Å²) in [5, 5.41) is 5.52. The van der Waals surface area contributed by atoms with Crippen LogP contribution in [0, 0.1) is 0 Å². The van der Waals surface area contributed by atoms with Gasteiger partial charge < -0.3 is 10.6 Å². The third-order valence-corrected chi connectivity index (χ3v) is 3.26. The minimum Gasteiger partial charge on any atom is -0.369 e. The average molecular weight is 286 g/mol. The molecule has 0 bridgehead atoms. The third-order valence-electron chi connectivity index (χ3n) is 2.16. The molecular formula is C11H18N4O3S. The maximum atomic E-state index is 11.9. The Hall–Kier alpha value is -1.70. The Balaban J connectivity index is 2.70. The van der Waals surface area contributed by atoms with Crippen molar-refractivity contribution in [3.05, 3.63) is 18.1 Å². The fraction of sp³-hybridized carbons (Fsp3) is 0.545. The van der Waals surface area contributed by atoms with Gasteiger partial charge in [-0.3, -0.25) is 9.78 Å². The largest absolute Gasteiger partial charge is 0.369 e. The minimum atomic E-state index is -3.13. The van der Waals surface area contributed by atoms with Crippen molar-refractivity contribution < 1.29 is 13.2 Å². The Morgan fingerprint density at radius 3 is 2.68 bits per heavy atom. The van der Waals surface area contributed by atoms with Gasteiger partial charge in [0.15, 0.2) is 0 Å². The maximum Gasteiger partial charge on any atom is 0.271 e. The van der Waals surface area contributed by atoms with E-state index in [1.807, 2.05) is 6.92 Å². The van der Waals surface area contributed by atoms with Crippen LogP contribution in [0.15, 0.2) is 12.4 Å². The lowest BCUT2D eigenvalue weighted by atomic mass is 10.3. The molecule has 0 fully saturated rings. The highest BCUT2D eigenvalue weighted by atomic mass is 32.2. The number of aromatic nitrogens is 2. The van der Waals surface area contributed by atoms with Crippen LogP contribution in [0.25, 0.3) is 0 Å². The molecule has 0 saturated heterocycles. The van der Waals surface area contributed by atoms with Crippen molar-refractivity contribution in [3.63, 3.8) is 0 Å². The standard InChI is InChI=1S/C11H18N4O3S/c1-4-13-10-6-12-5-9(15-10)11(16)14-8(2)7-19(3,17)18/h5-6,8H,4,7H2,1-3H3,(H,13,15)(H,14,16). The first kappa shape index (κ1) is 15.4. The number of nitrogens with one attached hydrogen (secondary N) is 2. The molecule has 2 N–H and O–H groups in total. The van der Waals surface area contributed by atoms with Gasteiger partial charge in [-0.1, -0.05) is 0 Å². The number of anilines is 1. The van der Waals surface area contributed by atoms with E-state index in [2.05, 4.69) is 20.6 Å². The van der Waals surface area contributed by atoms with Gasteiger partial charge in [0, 0.05) is 18.8 Å². The fourth-order valence-corrected chi connectivity index (χ4v) is 2.53. The lowest BCUT2D eigenvalue weighted by Gasteiger charge is -2.12. The Morgan fingerprint density at radius 2 is 2.11 bits per heavy atom. The van der Waals surface area contributed by atoms with Crippen LogP contribution in [0.1, 0.15) is 24.3 Å². The van der Waals surface area contributed by atoms with E-state index in [9.17, 15) is 13.2 Å². The second kappa shape index (κ2) is 6.46. The summed E-state index contributed by atoms with van der Waals surface area (Å²) in [5.41, 5.74) is 0.152. The van der Waals surface area contributed by atoms with E-state index in [1.165, 1.54) is 12.4 Å². The van der Waals surface area contributed by atoms with Crippen LogP contribution < -0.4 is 10.6 Å². The molecule has 8 heteroatoms. The summed E-state index contributed by atoms with van der Waals surface area (Å²) < 4.78 is 22.2. The number of rotatable bonds is 6. The Morgan fingerprint density at radius 1 is 1.42 bits per heavy atom. The van der Waals surface area contributed by atoms with E-state index in [0.29, 0.717) is 12.4 Å². The van der Waals surface area contributed by atoms with E-state index >= 15 is 0 Å². The number of nitrogens with zero attached hydrogens (tertiary/aromatic N) is 2. The van der Waals surface area contributed by atoms with Crippen molar-refractivity contribution in [2.24, 2.45) is 0 Å². The molecule has 1 amide bonds. The molecule has 0 spiro atoms. The van der Waals surface area contributed by atoms with E-state index in [4.69, 9.17) is 0 Å². The molecule has 0 radical (unpaired) electrons. The summed E-state index contributed by atoms with van der Waals surface area (Å²) in [7, 11) is -3.13. The lowest BCUT2D eigenvalue weighted by molar-refractivity contribution is 0.0938. The minimum absolute atomic E-state index is 0.112. The smallest absolute Gasteiger partial charge is 0.271 e. The molecule has 0 saturated carbocycles. The van der Waals surface area contributed by atoms with E-state index in [1.54, 1.807) is 6.92 Å². The van der Waals surface area contributed by atoms with Crippen LogP contribution in [0.3, 0.4) is 0 Å². The van der Waals surface area contributed by atoms with E-state index in [0.717, 1.165) is 6.26 Å². The second-order valence-electron chi connectivity index (χ2n) is 4.29. The van der Waals surface area contributed by atoms with Gasteiger partial charge in [0.2, 0.25) is 0 Å². The van der Waals surface area contributed by atoms with Crippen LogP contribution in [0.2, 0.25) is 0 Å². The third kappa shape index (κ3) is 5.64. The van der Waals surface area contributed by atoms with Gasteiger partial charge in [0.05, 0.1) is 18.1 Å². The molecule has 1 heterocycles. The van der Waals surface area contributed by atoms with Gasteiger partial charge in [-0.25, -0.2) is 13.4 Å². The molecular weight excluding hydrogens is 268 g/mol. The van der Waals surface area contributed by atoms with Gasteiger partial charge in [-0.05, 0) is 13.8 Å². The predicted molar refractivity (Wildman–Crippen MR) is 72.8 cm³/mol. The van der Waals surface area contributed by atoms with Crippen LogP contribution in [0.5, 0.6) is 0 Å². The summed E-state index contributed by atoms with van der Waals surface area (Å²) in [4.78, 5) is 19.8. The normalized spacial score (nSPS) is 12.8. The molecule has 0 aliphatic heterocycles. The number of carbonyl (C=O) groups is 1. The molecule has 1 rings (SSSR count). The molecule has 0 aliphatic rings. The fourth-order valence-electron chi connectivity index (χ4n) is 1.54. The Kier molecular flexibility index (Phi) is 5.22. The zero-order valence-electron chi connectivity index (χ0n) is 11.2. The predicted octanol–water partition coefficient (Wildman–Crippen LogP) is 0.0713. The van der Waals surface area contributed by atoms with Gasteiger partial charge in [-0.15, -0.1) is 0 Å². The van der Waals surface area contributed by atoms with Crippen LogP contribution >= 0.6 is 0 Å². The van der Waals surface area contributed by atoms with Gasteiger partial charge in [0.25, 0.3) is 5.91 Å². The van der Waals surface area contributed by atoms with E-state index < -0.39 is 21.8 Å². The summed E-state index contributed by atoms with van der Waals surface area (Å²) >= 11 is 0. The zero-order valence-corrected chi connectivity index (χ0v) is 12.0. The number of hydrogen-bond donors (Lipinski definition) is 2. The molecule has 1 unspecified atom stereocenters. The highest BCUT2D eigenvalue weighted by molar-refractivity contribution is 7.90. The van der Waals surface area contributed by atoms with Gasteiger partial charge in [-0.2, -0.15) is 0 Å². The first-order valence-electron chi connectivity index (χ1n) is 5.86. The highest BCUT2D eigenvalue weighted by Crippen LogP contribution is 2.02. The molecule has 19 heavy (non-hydrogen) atoms. The Bertz CT molecular complexity index is 545. The molecule has 7 nitrogen and oxygen atoms in total. The second-order valence-corrected chi connectivity index (χ2v) is 6.47. The van der Waals surface area contributed by atoms with Crippen LogP contribution in [-0.2, 0) is 9.84 Å². The molecule has 1 aromatic rings. The van der Waals surface area contributed by atoms with Crippen molar-refractivity contribution in [2.45, 2.75) is 19.9 Å². The first-order chi connectivity index (χ1) is 8.81. The number of amides is 1. The summed E-state index contributed by atoms with van der Waals surface area (Å²) in [5.74, 6) is -0.0479. The first-order valence-corrected chi connectivity index (χ1v) is 7.92. The highest BCUT2D eigenvalue weighted by Gasteiger charge is 2.15. The lowest BCUT2D eigenvalue weighted by Crippen LogP contribution is -2.37. The zero-order chi connectivity index (χ0) is 14.5. The maximum absolute atomic E-state index is 11.9.